The lowest BCUT2D eigenvalue weighted by Crippen LogP contribution is -2.51. The number of nitrogens with zero attached hydrogens (tertiary/aromatic N) is 1. The van der Waals surface area contributed by atoms with E-state index < -0.39 is 16.1 Å². The molecule has 1 N–H and O–H groups in total. The van der Waals surface area contributed by atoms with E-state index in [1.54, 1.807) is 25.1 Å². The molecule has 1 atom stereocenters. The summed E-state index contributed by atoms with van der Waals surface area (Å²) < 4.78 is 31.8. The minimum atomic E-state index is -3.71. The van der Waals surface area contributed by atoms with Gasteiger partial charge < -0.3 is 10.1 Å². The van der Waals surface area contributed by atoms with Gasteiger partial charge in [0.25, 0.3) is 0 Å². The van der Waals surface area contributed by atoms with Gasteiger partial charge in [-0.1, -0.05) is 48.0 Å². The lowest BCUT2D eigenvalue weighted by atomic mass is 9.74. The highest BCUT2D eigenvalue weighted by atomic mass is 35.5. The number of anilines is 1. The monoisotopic (exact) mass is 464 g/mol. The Labute approximate surface area is 189 Å². The van der Waals surface area contributed by atoms with Crippen LogP contribution in [0.3, 0.4) is 0 Å². The van der Waals surface area contributed by atoms with E-state index in [9.17, 15) is 13.2 Å². The molecule has 6 nitrogen and oxygen atoms in total. The molecule has 8 heteroatoms. The quantitative estimate of drug-likeness (QED) is 0.678. The van der Waals surface area contributed by atoms with Crippen molar-refractivity contribution in [3.8, 4) is 0 Å². The number of sulfonamides is 1. The van der Waals surface area contributed by atoms with Crippen molar-refractivity contribution in [1.29, 1.82) is 0 Å². The van der Waals surface area contributed by atoms with Crippen LogP contribution in [-0.2, 0) is 25.0 Å². The van der Waals surface area contributed by atoms with Crippen LogP contribution < -0.4 is 9.62 Å². The van der Waals surface area contributed by atoms with Gasteiger partial charge in [0.2, 0.25) is 15.9 Å². The number of ether oxygens (including phenoxy) is 1. The van der Waals surface area contributed by atoms with Gasteiger partial charge in [0.1, 0.15) is 6.04 Å². The van der Waals surface area contributed by atoms with Crippen molar-refractivity contribution in [1.82, 2.24) is 5.32 Å². The van der Waals surface area contributed by atoms with Crippen molar-refractivity contribution in [2.24, 2.45) is 0 Å². The number of aryl methyl sites for hydroxylation is 1. The fraction of sp³-hybridized carbons (Fsp3) is 0.435. The van der Waals surface area contributed by atoms with E-state index in [0.717, 1.165) is 34.5 Å². The zero-order chi connectivity index (χ0) is 22.6. The maximum atomic E-state index is 13.1. The van der Waals surface area contributed by atoms with Gasteiger partial charge in [0, 0.05) is 30.2 Å². The molecule has 1 amide bonds. The molecule has 31 heavy (non-hydrogen) atoms. The largest absolute Gasteiger partial charge is 0.381 e. The molecule has 0 radical (unpaired) electrons. The molecule has 0 unspecified atom stereocenters. The molecule has 1 saturated heterocycles. The van der Waals surface area contributed by atoms with Crippen LogP contribution in [0.1, 0.15) is 30.9 Å². The summed E-state index contributed by atoms with van der Waals surface area (Å²) in [4.78, 5) is 13.1. The molecule has 2 aromatic rings. The minimum Gasteiger partial charge on any atom is -0.381 e. The smallest absolute Gasteiger partial charge is 0.243 e. The predicted molar refractivity (Wildman–Crippen MR) is 124 cm³/mol. The Bertz CT molecular complexity index is 1020. The SMILES string of the molecule is Cc1ccc(N([C@@H](C)C(=O)NCC2(c3ccccc3)CCOCC2)S(C)(=O)=O)cc1Cl. The molecule has 0 bridgehead atoms. The van der Waals surface area contributed by atoms with Gasteiger partial charge in [-0.05, 0) is 49.9 Å². The van der Waals surface area contributed by atoms with Crippen LogP contribution in [-0.4, -0.2) is 46.4 Å². The first-order chi connectivity index (χ1) is 14.6. The average molecular weight is 465 g/mol. The molecular formula is C23H29ClN2O4S. The summed E-state index contributed by atoms with van der Waals surface area (Å²) in [6.07, 6.45) is 2.67. The first kappa shape index (κ1) is 23.6. The molecule has 1 heterocycles. The lowest BCUT2D eigenvalue weighted by Gasteiger charge is -2.38. The van der Waals surface area contributed by atoms with Crippen molar-refractivity contribution >= 4 is 33.2 Å². The number of carbonyl (C=O) groups is 1. The molecule has 2 aromatic carbocycles. The topological polar surface area (TPSA) is 75.7 Å². The number of hydrogen-bond acceptors (Lipinski definition) is 4. The third-order valence-electron chi connectivity index (χ3n) is 5.94. The number of rotatable bonds is 7. The Hall–Kier alpha value is -2.09. The Kier molecular flexibility index (Phi) is 7.29. The number of benzene rings is 2. The molecule has 0 aliphatic carbocycles. The zero-order valence-electron chi connectivity index (χ0n) is 18.1. The number of nitrogens with one attached hydrogen (secondary N) is 1. The molecule has 0 aromatic heterocycles. The van der Waals surface area contributed by atoms with Crippen LogP contribution in [0.25, 0.3) is 0 Å². The first-order valence-electron chi connectivity index (χ1n) is 10.3. The summed E-state index contributed by atoms with van der Waals surface area (Å²) in [6, 6.07) is 14.1. The first-order valence-corrected chi connectivity index (χ1v) is 12.5. The predicted octanol–water partition coefficient (Wildman–Crippen LogP) is 3.67. The van der Waals surface area contributed by atoms with Crippen LogP contribution in [0.15, 0.2) is 48.5 Å². The van der Waals surface area contributed by atoms with Crippen LogP contribution >= 0.6 is 11.6 Å². The highest BCUT2D eigenvalue weighted by Crippen LogP contribution is 2.34. The van der Waals surface area contributed by atoms with Gasteiger partial charge in [-0.25, -0.2) is 8.42 Å². The zero-order valence-corrected chi connectivity index (χ0v) is 19.7. The average Bonchev–Trinajstić information content (AvgIpc) is 2.75. The van der Waals surface area contributed by atoms with Crippen molar-refractivity contribution < 1.29 is 17.9 Å². The van der Waals surface area contributed by atoms with Crippen molar-refractivity contribution in [2.45, 2.75) is 38.1 Å². The van der Waals surface area contributed by atoms with Gasteiger partial charge in [-0.15, -0.1) is 0 Å². The van der Waals surface area contributed by atoms with E-state index in [0.29, 0.717) is 30.5 Å². The van der Waals surface area contributed by atoms with Crippen LogP contribution in [0.2, 0.25) is 5.02 Å². The third kappa shape index (κ3) is 5.40. The Morgan fingerprint density at radius 2 is 1.84 bits per heavy atom. The molecule has 1 aliphatic rings. The fourth-order valence-corrected chi connectivity index (χ4v) is 5.39. The number of halogens is 1. The third-order valence-corrected chi connectivity index (χ3v) is 7.58. The van der Waals surface area contributed by atoms with Gasteiger partial charge >= 0.3 is 0 Å². The maximum Gasteiger partial charge on any atom is 0.243 e. The molecule has 3 rings (SSSR count). The minimum absolute atomic E-state index is 0.238. The molecule has 0 saturated carbocycles. The summed E-state index contributed by atoms with van der Waals surface area (Å²) in [5.41, 5.74) is 2.11. The molecule has 1 fully saturated rings. The summed E-state index contributed by atoms with van der Waals surface area (Å²) in [5, 5.41) is 3.45. The van der Waals surface area contributed by atoms with Crippen molar-refractivity contribution in [3.05, 3.63) is 64.7 Å². The summed E-state index contributed by atoms with van der Waals surface area (Å²) in [7, 11) is -3.71. The van der Waals surface area contributed by atoms with Gasteiger partial charge in [-0.2, -0.15) is 0 Å². The fourth-order valence-electron chi connectivity index (χ4n) is 4.05. The van der Waals surface area contributed by atoms with Gasteiger partial charge in [0.15, 0.2) is 0 Å². The van der Waals surface area contributed by atoms with Crippen LogP contribution in [0.5, 0.6) is 0 Å². The normalized spacial score (nSPS) is 17.0. The van der Waals surface area contributed by atoms with Crippen LogP contribution in [0.4, 0.5) is 5.69 Å². The Morgan fingerprint density at radius 3 is 2.42 bits per heavy atom. The van der Waals surface area contributed by atoms with E-state index >= 15 is 0 Å². The summed E-state index contributed by atoms with van der Waals surface area (Å²) in [6.45, 7) is 5.08. The van der Waals surface area contributed by atoms with E-state index in [1.807, 2.05) is 25.1 Å². The molecule has 0 spiro atoms. The second kappa shape index (κ2) is 9.59. The molecular weight excluding hydrogens is 436 g/mol. The molecule has 1 aliphatic heterocycles. The van der Waals surface area contributed by atoms with Crippen LogP contribution in [0, 0.1) is 6.92 Å². The standard InChI is InChI=1S/C23H29ClN2O4S/c1-17-9-10-20(15-21(17)24)26(31(3,28)29)18(2)22(27)25-16-23(11-13-30-14-12-23)19-7-5-4-6-8-19/h4-10,15,18H,11-14,16H2,1-3H3,(H,25,27)/t18-/m0/s1. The summed E-state index contributed by atoms with van der Waals surface area (Å²) in [5.74, 6) is -0.357. The Morgan fingerprint density at radius 1 is 1.19 bits per heavy atom. The highest BCUT2D eigenvalue weighted by molar-refractivity contribution is 7.92. The van der Waals surface area contributed by atoms with E-state index in [1.165, 1.54) is 0 Å². The second-order valence-corrected chi connectivity index (χ2v) is 10.4. The van der Waals surface area contributed by atoms with E-state index in [2.05, 4.69) is 17.4 Å². The number of carbonyl (C=O) groups excluding carboxylic acids is 1. The summed E-state index contributed by atoms with van der Waals surface area (Å²) >= 11 is 6.21. The van der Waals surface area contributed by atoms with Gasteiger partial charge in [-0.3, -0.25) is 9.10 Å². The van der Waals surface area contributed by atoms with Crippen molar-refractivity contribution in [3.63, 3.8) is 0 Å². The molecule has 168 valence electrons. The van der Waals surface area contributed by atoms with Gasteiger partial charge in [0.05, 0.1) is 11.9 Å². The van der Waals surface area contributed by atoms with E-state index in [-0.39, 0.29) is 11.3 Å². The maximum absolute atomic E-state index is 13.1. The lowest BCUT2D eigenvalue weighted by molar-refractivity contribution is -0.122. The van der Waals surface area contributed by atoms with Crippen molar-refractivity contribution in [2.75, 3.05) is 30.3 Å². The second-order valence-electron chi connectivity index (χ2n) is 8.14. The highest BCUT2D eigenvalue weighted by Gasteiger charge is 2.36. The number of hydrogen-bond donors (Lipinski definition) is 1. The number of amides is 1. The van der Waals surface area contributed by atoms with E-state index in [4.69, 9.17) is 16.3 Å². The Balaban J connectivity index is 1.82.